The second kappa shape index (κ2) is 2.96. The van der Waals surface area contributed by atoms with Gasteiger partial charge in [-0.25, -0.2) is 4.58 Å². The summed E-state index contributed by atoms with van der Waals surface area (Å²) in [5.74, 6) is 0.893. The van der Waals surface area contributed by atoms with Crippen molar-refractivity contribution >= 4 is 5.71 Å². The second-order valence-electron chi connectivity index (χ2n) is 3.98. The molecule has 0 unspecified atom stereocenters. The summed E-state index contributed by atoms with van der Waals surface area (Å²) in [5, 5.41) is 0. The van der Waals surface area contributed by atoms with Gasteiger partial charge < -0.3 is 0 Å². The Kier molecular flexibility index (Phi) is 1.97. The van der Waals surface area contributed by atoms with Gasteiger partial charge >= 0.3 is 0 Å². The molecule has 2 aliphatic rings. The summed E-state index contributed by atoms with van der Waals surface area (Å²) >= 11 is 0. The van der Waals surface area contributed by atoms with E-state index in [1.807, 2.05) is 0 Å². The van der Waals surface area contributed by atoms with Gasteiger partial charge in [0.25, 0.3) is 0 Å². The smallest absolute Gasteiger partial charge is 0.155 e. The van der Waals surface area contributed by atoms with E-state index in [1.165, 1.54) is 45.2 Å². The zero-order valence-electron chi connectivity index (χ0n) is 7.47. The van der Waals surface area contributed by atoms with E-state index in [4.69, 9.17) is 0 Å². The molecule has 0 bridgehead atoms. The molecule has 0 saturated heterocycles. The van der Waals surface area contributed by atoms with Gasteiger partial charge in [-0.15, -0.1) is 0 Å². The summed E-state index contributed by atoms with van der Waals surface area (Å²) in [7, 11) is 0. The highest BCUT2D eigenvalue weighted by Crippen LogP contribution is 2.20. The van der Waals surface area contributed by atoms with Gasteiger partial charge in [-0.05, 0) is 12.8 Å². The summed E-state index contributed by atoms with van der Waals surface area (Å²) in [4.78, 5) is 0. The molecule has 0 spiro atoms. The molecule has 11 heavy (non-hydrogen) atoms. The maximum absolute atomic E-state index is 2.64. The molecule has 62 valence electrons. The largest absolute Gasteiger partial charge is 0.237 e. The fraction of sp³-hybridized carbons (Fsp3) is 0.900. The molecule has 2 aliphatic heterocycles. The lowest BCUT2D eigenvalue weighted by atomic mass is 9.90. The normalized spacial score (nSPS) is 31.9. The Bertz CT molecular complexity index is 177. The molecule has 0 aromatic heterocycles. The zero-order valence-corrected chi connectivity index (χ0v) is 7.47. The predicted octanol–water partition coefficient (Wildman–Crippen LogP) is 2.05. The fourth-order valence-electron chi connectivity index (χ4n) is 2.48. The Hall–Kier alpha value is -0.330. The Balaban J connectivity index is 2.21. The molecule has 0 amide bonds. The number of rotatable bonds is 0. The van der Waals surface area contributed by atoms with Gasteiger partial charge in [0.05, 0.1) is 0 Å². The van der Waals surface area contributed by atoms with Crippen molar-refractivity contribution in [1.82, 2.24) is 0 Å². The van der Waals surface area contributed by atoms with Crippen LogP contribution in [-0.2, 0) is 0 Å². The van der Waals surface area contributed by atoms with Gasteiger partial charge in [-0.3, -0.25) is 0 Å². The van der Waals surface area contributed by atoms with Crippen LogP contribution in [0.5, 0.6) is 0 Å². The number of hydrogen-bond donors (Lipinski definition) is 0. The lowest BCUT2D eigenvalue weighted by Gasteiger charge is -2.23. The predicted molar refractivity (Wildman–Crippen MR) is 47.3 cm³/mol. The SMILES string of the molecule is C[C@@H]1CCC[N+]2=C1CCCC2. The monoisotopic (exact) mass is 152 g/mol. The van der Waals surface area contributed by atoms with Crippen LogP contribution in [0, 0.1) is 5.92 Å². The van der Waals surface area contributed by atoms with Crippen LogP contribution in [0.2, 0.25) is 0 Å². The van der Waals surface area contributed by atoms with E-state index in [0.717, 1.165) is 5.92 Å². The molecule has 2 heterocycles. The summed E-state index contributed by atoms with van der Waals surface area (Å²) < 4.78 is 2.64. The van der Waals surface area contributed by atoms with Crippen LogP contribution in [0.1, 0.15) is 39.0 Å². The number of hydrogen-bond acceptors (Lipinski definition) is 0. The van der Waals surface area contributed by atoms with E-state index in [-0.39, 0.29) is 0 Å². The average molecular weight is 152 g/mol. The maximum atomic E-state index is 2.64. The van der Waals surface area contributed by atoms with Gasteiger partial charge in [0.15, 0.2) is 5.71 Å². The van der Waals surface area contributed by atoms with Gasteiger partial charge in [-0.1, -0.05) is 6.92 Å². The molecule has 0 fully saturated rings. The van der Waals surface area contributed by atoms with Crippen LogP contribution < -0.4 is 0 Å². The van der Waals surface area contributed by atoms with Gasteiger partial charge in [0, 0.05) is 25.2 Å². The minimum Gasteiger partial charge on any atom is -0.237 e. The summed E-state index contributed by atoms with van der Waals surface area (Å²) in [6.07, 6.45) is 7.12. The first-order valence-electron chi connectivity index (χ1n) is 4.98. The molecule has 0 radical (unpaired) electrons. The minimum atomic E-state index is 0.893. The quantitative estimate of drug-likeness (QED) is 0.467. The lowest BCUT2D eigenvalue weighted by Crippen LogP contribution is -2.35. The van der Waals surface area contributed by atoms with Crippen LogP contribution in [0.3, 0.4) is 0 Å². The Morgan fingerprint density at radius 3 is 2.82 bits per heavy atom. The van der Waals surface area contributed by atoms with Crippen molar-refractivity contribution in [2.24, 2.45) is 5.92 Å². The second-order valence-corrected chi connectivity index (χ2v) is 3.98. The molecule has 1 atom stereocenters. The van der Waals surface area contributed by atoms with Crippen molar-refractivity contribution in [3.63, 3.8) is 0 Å². The van der Waals surface area contributed by atoms with E-state index in [0.29, 0.717) is 0 Å². The average Bonchev–Trinajstić information content (AvgIpc) is 2.06. The molecular formula is C10H18N+. The maximum Gasteiger partial charge on any atom is 0.155 e. The van der Waals surface area contributed by atoms with Gasteiger partial charge in [-0.2, -0.15) is 0 Å². The Labute approximate surface area is 69.1 Å². The van der Waals surface area contributed by atoms with Crippen LogP contribution >= 0.6 is 0 Å². The van der Waals surface area contributed by atoms with E-state index in [2.05, 4.69) is 11.5 Å². The molecule has 0 N–H and O–H groups in total. The lowest BCUT2D eigenvalue weighted by molar-refractivity contribution is -0.540. The Morgan fingerprint density at radius 2 is 2.00 bits per heavy atom. The minimum absolute atomic E-state index is 0.893. The van der Waals surface area contributed by atoms with Crippen molar-refractivity contribution in [2.45, 2.75) is 39.0 Å². The van der Waals surface area contributed by atoms with Crippen molar-refractivity contribution < 1.29 is 4.58 Å². The summed E-state index contributed by atoms with van der Waals surface area (Å²) in [6, 6.07) is 0. The van der Waals surface area contributed by atoms with E-state index >= 15 is 0 Å². The van der Waals surface area contributed by atoms with Crippen LogP contribution in [0.25, 0.3) is 0 Å². The highest BCUT2D eigenvalue weighted by atomic mass is 15.0. The fourth-order valence-corrected chi connectivity index (χ4v) is 2.48. The zero-order chi connectivity index (χ0) is 7.68. The van der Waals surface area contributed by atoms with E-state index in [9.17, 15) is 0 Å². The van der Waals surface area contributed by atoms with Crippen molar-refractivity contribution in [3.8, 4) is 0 Å². The highest BCUT2D eigenvalue weighted by molar-refractivity contribution is 5.82. The van der Waals surface area contributed by atoms with Crippen molar-refractivity contribution in [1.29, 1.82) is 0 Å². The molecule has 0 saturated carbocycles. The first kappa shape index (κ1) is 7.33. The first-order chi connectivity index (χ1) is 5.38. The molecule has 1 nitrogen and oxygen atoms in total. The first-order valence-corrected chi connectivity index (χ1v) is 4.98. The van der Waals surface area contributed by atoms with Crippen LogP contribution in [-0.4, -0.2) is 23.4 Å². The highest BCUT2D eigenvalue weighted by Gasteiger charge is 2.28. The standard InChI is InChI=1S/C10H18N/c1-9-5-4-8-11-7-3-2-6-10(9)11/h9H,2-8H2,1H3/q+1/t9-/m1/s1. The van der Waals surface area contributed by atoms with E-state index in [1.54, 1.807) is 5.71 Å². The molecule has 0 aliphatic carbocycles. The van der Waals surface area contributed by atoms with Crippen LogP contribution in [0.15, 0.2) is 0 Å². The topological polar surface area (TPSA) is 3.01 Å². The molecular weight excluding hydrogens is 134 g/mol. The Morgan fingerprint density at radius 1 is 1.18 bits per heavy atom. The molecule has 0 aromatic rings. The number of nitrogens with zero attached hydrogens (tertiary/aromatic N) is 1. The van der Waals surface area contributed by atoms with Gasteiger partial charge in [0.1, 0.15) is 13.1 Å². The van der Waals surface area contributed by atoms with Crippen molar-refractivity contribution in [2.75, 3.05) is 13.1 Å². The molecule has 0 aromatic carbocycles. The third-order valence-corrected chi connectivity index (χ3v) is 3.15. The van der Waals surface area contributed by atoms with Crippen molar-refractivity contribution in [3.05, 3.63) is 0 Å². The summed E-state index contributed by atoms with van der Waals surface area (Å²) in [5.41, 5.74) is 1.77. The molecule has 2 rings (SSSR count). The van der Waals surface area contributed by atoms with Crippen LogP contribution in [0.4, 0.5) is 0 Å². The molecule has 1 heteroatoms. The third kappa shape index (κ3) is 1.33. The van der Waals surface area contributed by atoms with Gasteiger partial charge in [0.2, 0.25) is 0 Å². The van der Waals surface area contributed by atoms with E-state index < -0.39 is 0 Å². The third-order valence-electron chi connectivity index (χ3n) is 3.15. The summed E-state index contributed by atoms with van der Waals surface area (Å²) in [6.45, 7) is 5.09.